The first-order chi connectivity index (χ1) is 10.3. The van der Waals surface area contributed by atoms with Crippen LogP contribution in [0.3, 0.4) is 0 Å². The monoisotopic (exact) mass is 295 g/mol. The van der Waals surface area contributed by atoms with E-state index in [0.717, 1.165) is 10.8 Å². The van der Waals surface area contributed by atoms with Crippen LogP contribution in [0.1, 0.15) is 23.3 Å². The first-order valence-electron chi connectivity index (χ1n) is 6.93. The molecule has 1 atom stereocenters. The highest BCUT2D eigenvalue weighted by molar-refractivity contribution is 7.99. The maximum atomic E-state index is 4.28. The minimum absolute atomic E-state index is 0.332. The van der Waals surface area contributed by atoms with Crippen LogP contribution in [0.2, 0.25) is 0 Å². The largest absolute Gasteiger partial charge is 0.276 e. The zero-order valence-electron chi connectivity index (χ0n) is 12.1. The fourth-order valence-electron chi connectivity index (χ4n) is 2.25. The molecule has 1 unspecified atom stereocenters. The van der Waals surface area contributed by atoms with Gasteiger partial charge in [-0.1, -0.05) is 60.3 Å². The highest BCUT2D eigenvalue weighted by Crippen LogP contribution is 2.34. The number of thioether (sulfide) groups is 1. The van der Waals surface area contributed by atoms with Crippen molar-refractivity contribution >= 4 is 11.8 Å². The third-order valence-electron chi connectivity index (χ3n) is 3.44. The second kappa shape index (κ2) is 6.14. The smallest absolute Gasteiger partial charge is 0.196 e. The van der Waals surface area contributed by atoms with Crippen LogP contribution < -0.4 is 0 Å². The summed E-state index contributed by atoms with van der Waals surface area (Å²) in [6.45, 7) is 4.29. The van der Waals surface area contributed by atoms with E-state index >= 15 is 0 Å². The number of hydrogen-bond acceptors (Lipinski definition) is 3. The molecule has 0 saturated carbocycles. The van der Waals surface area contributed by atoms with Gasteiger partial charge in [0, 0.05) is 5.25 Å². The molecule has 1 aromatic heterocycles. The third kappa shape index (κ3) is 3.00. The summed E-state index contributed by atoms with van der Waals surface area (Å²) in [4.78, 5) is 0. The highest BCUT2D eigenvalue weighted by atomic mass is 32.2. The second-order valence-electron chi connectivity index (χ2n) is 4.94. The van der Waals surface area contributed by atoms with Crippen LogP contribution in [0.15, 0.2) is 66.1 Å². The van der Waals surface area contributed by atoms with E-state index in [2.05, 4.69) is 65.0 Å². The maximum Gasteiger partial charge on any atom is 0.196 e. The van der Waals surface area contributed by atoms with Crippen molar-refractivity contribution in [1.29, 1.82) is 0 Å². The number of hydrogen-bond donors (Lipinski definition) is 0. The average Bonchev–Trinajstić information content (AvgIpc) is 2.96. The molecule has 0 aliphatic heterocycles. The molecule has 1 heterocycles. The molecule has 0 spiro atoms. The van der Waals surface area contributed by atoms with Crippen molar-refractivity contribution in [2.24, 2.45) is 0 Å². The molecule has 106 valence electrons. The van der Waals surface area contributed by atoms with Crippen LogP contribution in [0.25, 0.3) is 5.69 Å². The molecule has 0 saturated heterocycles. The van der Waals surface area contributed by atoms with Crippen molar-refractivity contribution in [2.45, 2.75) is 24.3 Å². The number of rotatable bonds is 4. The van der Waals surface area contributed by atoms with Crippen molar-refractivity contribution in [2.75, 3.05) is 0 Å². The lowest BCUT2D eigenvalue weighted by Gasteiger charge is -2.13. The van der Waals surface area contributed by atoms with Gasteiger partial charge in [-0.15, -0.1) is 10.2 Å². The summed E-state index contributed by atoms with van der Waals surface area (Å²) in [7, 11) is 0. The van der Waals surface area contributed by atoms with Crippen LogP contribution >= 0.6 is 11.8 Å². The van der Waals surface area contributed by atoms with Gasteiger partial charge in [-0.05, 0) is 31.0 Å². The van der Waals surface area contributed by atoms with Gasteiger partial charge in [-0.25, -0.2) is 0 Å². The number of para-hydroxylation sites is 1. The van der Waals surface area contributed by atoms with Crippen LogP contribution in [-0.2, 0) is 0 Å². The topological polar surface area (TPSA) is 30.7 Å². The van der Waals surface area contributed by atoms with Gasteiger partial charge < -0.3 is 0 Å². The molecule has 3 rings (SSSR count). The zero-order valence-corrected chi connectivity index (χ0v) is 12.9. The average molecular weight is 295 g/mol. The van der Waals surface area contributed by atoms with Gasteiger partial charge in [0.25, 0.3) is 0 Å². The molecule has 2 aromatic carbocycles. The van der Waals surface area contributed by atoms with Crippen molar-refractivity contribution in [3.8, 4) is 5.69 Å². The Kier molecular flexibility index (Phi) is 4.06. The molecule has 0 aliphatic rings. The van der Waals surface area contributed by atoms with E-state index in [0.29, 0.717) is 5.25 Å². The number of aromatic nitrogens is 3. The van der Waals surface area contributed by atoms with Gasteiger partial charge >= 0.3 is 0 Å². The van der Waals surface area contributed by atoms with E-state index in [1.807, 2.05) is 18.2 Å². The summed E-state index contributed by atoms with van der Waals surface area (Å²) in [5.41, 5.74) is 3.64. The molecule has 0 fully saturated rings. The Morgan fingerprint density at radius 2 is 1.71 bits per heavy atom. The van der Waals surface area contributed by atoms with E-state index < -0.39 is 0 Å². The second-order valence-corrected chi connectivity index (χ2v) is 6.25. The summed E-state index contributed by atoms with van der Waals surface area (Å²) < 4.78 is 2.06. The predicted octanol–water partition coefficient (Wildman–Crippen LogP) is 4.43. The Hall–Kier alpha value is -2.07. The fourth-order valence-corrected chi connectivity index (χ4v) is 3.22. The SMILES string of the molecule is Cc1ccccc1-n1cnnc1SC(C)c1ccccc1. The van der Waals surface area contributed by atoms with Crippen molar-refractivity contribution < 1.29 is 0 Å². The van der Waals surface area contributed by atoms with Crippen LogP contribution in [0.5, 0.6) is 0 Å². The first kappa shape index (κ1) is 13.9. The molecule has 0 bridgehead atoms. The third-order valence-corrected chi connectivity index (χ3v) is 4.56. The van der Waals surface area contributed by atoms with Gasteiger partial charge in [0.05, 0.1) is 5.69 Å². The molecular formula is C17H17N3S. The van der Waals surface area contributed by atoms with E-state index in [1.54, 1.807) is 18.1 Å². The Morgan fingerprint density at radius 3 is 2.48 bits per heavy atom. The van der Waals surface area contributed by atoms with Gasteiger partial charge in [-0.2, -0.15) is 0 Å². The predicted molar refractivity (Wildman–Crippen MR) is 86.8 cm³/mol. The minimum atomic E-state index is 0.332. The standard InChI is InChI=1S/C17H17N3S/c1-13-8-6-7-11-16(13)20-12-18-19-17(20)21-14(2)15-9-4-3-5-10-15/h3-12,14H,1-2H3. The minimum Gasteiger partial charge on any atom is -0.276 e. The van der Waals surface area contributed by atoms with Gasteiger partial charge in [0.2, 0.25) is 0 Å². The lowest BCUT2D eigenvalue weighted by Crippen LogP contribution is -1.99. The molecule has 4 heteroatoms. The molecule has 3 aromatic rings. The molecule has 0 N–H and O–H groups in total. The van der Waals surface area contributed by atoms with Gasteiger partial charge in [0.1, 0.15) is 6.33 Å². The van der Waals surface area contributed by atoms with Crippen LogP contribution in [0.4, 0.5) is 0 Å². The van der Waals surface area contributed by atoms with Crippen molar-refractivity contribution in [1.82, 2.24) is 14.8 Å². The Bertz CT molecular complexity index is 722. The van der Waals surface area contributed by atoms with E-state index in [-0.39, 0.29) is 0 Å². The molecule has 3 nitrogen and oxygen atoms in total. The number of nitrogens with zero attached hydrogens (tertiary/aromatic N) is 3. The Balaban J connectivity index is 1.88. The summed E-state index contributed by atoms with van der Waals surface area (Å²) >= 11 is 1.72. The first-order valence-corrected chi connectivity index (χ1v) is 7.81. The molecular weight excluding hydrogens is 278 g/mol. The Labute approximate surface area is 129 Å². The van der Waals surface area contributed by atoms with Crippen LogP contribution in [-0.4, -0.2) is 14.8 Å². The van der Waals surface area contributed by atoms with Gasteiger partial charge in [0.15, 0.2) is 5.16 Å². The number of benzene rings is 2. The summed E-state index contributed by atoms with van der Waals surface area (Å²) in [5, 5.41) is 9.60. The van der Waals surface area contributed by atoms with E-state index in [1.165, 1.54) is 11.1 Å². The van der Waals surface area contributed by atoms with Crippen LogP contribution in [0, 0.1) is 6.92 Å². The maximum absolute atomic E-state index is 4.28. The van der Waals surface area contributed by atoms with E-state index in [9.17, 15) is 0 Å². The Morgan fingerprint density at radius 1 is 1.00 bits per heavy atom. The fraction of sp³-hybridized carbons (Fsp3) is 0.176. The number of aryl methyl sites for hydroxylation is 1. The summed E-state index contributed by atoms with van der Waals surface area (Å²) in [6.07, 6.45) is 1.78. The lowest BCUT2D eigenvalue weighted by atomic mass is 10.2. The highest BCUT2D eigenvalue weighted by Gasteiger charge is 2.14. The molecule has 21 heavy (non-hydrogen) atoms. The van der Waals surface area contributed by atoms with E-state index in [4.69, 9.17) is 0 Å². The summed E-state index contributed by atoms with van der Waals surface area (Å²) in [5.74, 6) is 0. The lowest BCUT2D eigenvalue weighted by molar-refractivity contribution is 0.871. The van der Waals surface area contributed by atoms with Crippen molar-refractivity contribution in [3.05, 3.63) is 72.1 Å². The van der Waals surface area contributed by atoms with Gasteiger partial charge in [-0.3, -0.25) is 4.57 Å². The summed E-state index contributed by atoms with van der Waals surface area (Å²) in [6, 6.07) is 18.7. The molecule has 0 aliphatic carbocycles. The quantitative estimate of drug-likeness (QED) is 0.667. The van der Waals surface area contributed by atoms with Crippen molar-refractivity contribution in [3.63, 3.8) is 0 Å². The zero-order chi connectivity index (χ0) is 14.7. The molecule has 0 amide bonds. The normalized spacial score (nSPS) is 12.3. The molecule has 0 radical (unpaired) electrons.